The number of anilines is 1. The Balaban J connectivity index is 2.08. The molecule has 0 radical (unpaired) electrons. The van der Waals surface area contributed by atoms with Crippen LogP contribution >= 0.6 is 0 Å². The minimum Gasteiger partial charge on any atom is -0.491 e. The van der Waals surface area contributed by atoms with Crippen molar-refractivity contribution in [2.45, 2.75) is 39.8 Å². The van der Waals surface area contributed by atoms with Crippen molar-refractivity contribution in [2.75, 3.05) is 5.32 Å². The number of aromatic nitrogens is 2. The molecule has 2 rings (SSSR count). The number of hydrogen-bond donors (Lipinski definition) is 1. The predicted molar refractivity (Wildman–Crippen MR) is 82.8 cm³/mol. The zero-order valence-corrected chi connectivity index (χ0v) is 12.8. The molecule has 0 aliphatic heterocycles. The molecule has 21 heavy (non-hydrogen) atoms. The molecule has 1 heterocycles. The lowest BCUT2D eigenvalue weighted by Crippen LogP contribution is -2.12. The highest BCUT2D eigenvalue weighted by molar-refractivity contribution is 6.04. The zero-order chi connectivity index (χ0) is 15.4. The fourth-order valence-corrected chi connectivity index (χ4v) is 1.87. The lowest BCUT2D eigenvalue weighted by atomic mass is 10.2. The molecule has 112 valence electrons. The number of benzene rings is 1. The third-order valence-electron chi connectivity index (χ3n) is 2.86. The van der Waals surface area contributed by atoms with Gasteiger partial charge in [-0.15, -0.1) is 0 Å². The topological polar surface area (TPSA) is 56.1 Å². The second-order valence-electron chi connectivity index (χ2n) is 5.45. The number of carbonyl (C=O) groups is 1. The number of nitrogens with one attached hydrogen (secondary N) is 1. The minimum atomic E-state index is -0.174. The van der Waals surface area contributed by atoms with Gasteiger partial charge in [-0.05, 0) is 45.9 Å². The first kappa shape index (κ1) is 15.1. The summed E-state index contributed by atoms with van der Waals surface area (Å²) < 4.78 is 7.39. The van der Waals surface area contributed by atoms with Crippen LogP contribution in [-0.2, 0) is 0 Å². The fourth-order valence-electron chi connectivity index (χ4n) is 1.87. The zero-order valence-electron chi connectivity index (χ0n) is 12.8. The Labute approximate surface area is 124 Å². The van der Waals surface area contributed by atoms with Crippen molar-refractivity contribution in [2.24, 2.45) is 0 Å². The average molecular weight is 287 g/mol. The van der Waals surface area contributed by atoms with E-state index in [4.69, 9.17) is 4.74 Å². The molecule has 5 nitrogen and oxygen atoms in total. The first-order chi connectivity index (χ1) is 9.95. The Kier molecular flexibility index (Phi) is 4.62. The fraction of sp³-hybridized carbons (Fsp3) is 0.375. The smallest absolute Gasteiger partial charge is 0.255 e. The van der Waals surface area contributed by atoms with E-state index in [1.54, 1.807) is 23.0 Å². The van der Waals surface area contributed by atoms with Crippen molar-refractivity contribution >= 4 is 11.6 Å². The van der Waals surface area contributed by atoms with Gasteiger partial charge < -0.3 is 10.1 Å². The van der Waals surface area contributed by atoms with Crippen LogP contribution in [0.4, 0.5) is 5.69 Å². The molecular formula is C16H21N3O2. The normalized spacial score (nSPS) is 11.0. The number of ether oxygens (including phenoxy) is 1. The summed E-state index contributed by atoms with van der Waals surface area (Å²) in [7, 11) is 0. The molecule has 0 bridgehead atoms. The Hall–Kier alpha value is -2.30. The van der Waals surface area contributed by atoms with Gasteiger partial charge in [-0.25, -0.2) is 0 Å². The summed E-state index contributed by atoms with van der Waals surface area (Å²) in [5.74, 6) is 0.517. The molecule has 0 fully saturated rings. The maximum atomic E-state index is 12.2. The highest BCUT2D eigenvalue weighted by Gasteiger charge is 2.10. The molecule has 0 atom stereocenters. The standard InChI is InChI=1S/C16H21N3O2/c1-11(2)19-10-14(9-17-19)18-16(20)13-6-5-7-15(8-13)21-12(3)4/h5-12H,1-4H3,(H,18,20). The summed E-state index contributed by atoms with van der Waals surface area (Å²) in [6.07, 6.45) is 3.54. The number of amides is 1. The molecule has 1 N–H and O–H groups in total. The van der Waals surface area contributed by atoms with Crippen LogP contribution in [0.2, 0.25) is 0 Å². The van der Waals surface area contributed by atoms with Gasteiger partial charge in [-0.3, -0.25) is 9.48 Å². The van der Waals surface area contributed by atoms with Crippen LogP contribution in [0.1, 0.15) is 44.1 Å². The SMILES string of the molecule is CC(C)Oc1cccc(C(=O)Nc2cnn(C(C)C)c2)c1. The van der Waals surface area contributed by atoms with Crippen LogP contribution in [-0.4, -0.2) is 21.8 Å². The summed E-state index contributed by atoms with van der Waals surface area (Å²) in [6, 6.07) is 7.41. The van der Waals surface area contributed by atoms with Gasteiger partial charge in [0.15, 0.2) is 0 Å². The Bertz CT molecular complexity index is 617. The minimum absolute atomic E-state index is 0.0765. The van der Waals surface area contributed by atoms with Crippen LogP contribution < -0.4 is 10.1 Å². The van der Waals surface area contributed by atoms with E-state index in [9.17, 15) is 4.79 Å². The Morgan fingerprint density at radius 3 is 2.67 bits per heavy atom. The molecule has 0 saturated carbocycles. The maximum Gasteiger partial charge on any atom is 0.255 e. The van der Waals surface area contributed by atoms with Gasteiger partial charge in [-0.2, -0.15) is 5.10 Å². The predicted octanol–water partition coefficient (Wildman–Crippen LogP) is 3.50. The third-order valence-corrected chi connectivity index (χ3v) is 2.86. The number of hydrogen-bond acceptors (Lipinski definition) is 3. The lowest BCUT2D eigenvalue weighted by Gasteiger charge is -2.10. The second kappa shape index (κ2) is 6.43. The third kappa shape index (κ3) is 4.08. The highest BCUT2D eigenvalue weighted by Crippen LogP contribution is 2.17. The van der Waals surface area contributed by atoms with Crippen molar-refractivity contribution in [3.63, 3.8) is 0 Å². The van der Waals surface area contributed by atoms with Gasteiger partial charge in [0.25, 0.3) is 5.91 Å². The molecule has 1 aromatic heterocycles. The Morgan fingerprint density at radius 1 is 1.29 bits per heavy atom. The van der Waals surface area contributed by atoms with E-state index in [0.29, 0.717) is 17.0 Å². The number of rotatable bonds is 5. The van der Waals surface area contributed by atoms with Crippen LogP contribution in [0.3, 0.4) is 0 Å². The van der Waals surface area contributed by atoms with Gasteiger partial charge in [-0.1, -0.05) is 6.07 Å². The molecule has 0 aliphatic rings. The van der Waals surface area contributed by atoms with Gasteiger partial charge in [0.05, 0.1) is 18.0 Å². The van der Waals surface area contributed by atoms with E-state index < -0.39 is 0 Å². The molecule has 0 spiro atoms. The molecule has 5 heteroatoms. The molecule has 1 amide bonds. The van der Waals surface area contributed by atoms with Crippen LogP contribution in [0.25, 0.3) is 0 Å². The van der Waals surface area contributed by atoms with E-state index in [1.807, 2.05) is 46.0 Å². The molecule has 0 aliphatic carbocycles. The van der Waals surface area contributed by atoms with Crippen LogP contribution in [0, 0.1) is 0 Å². The average Bonchev–Trinajstić information content (AvgIpc) is 2.87. The van der Waals surface area contributed by atoms with Crippen molar-refractivity contribution < 1.29 is 9.53 Å². The summed E-state index contributed by atoms with van der Waals surface area (Å²) in [5, 5.41) is 7.03. The van der Waals surface area contributed by atoms with Crippen molar-refractivity contribution in [3.05, 3.63) is 42.2 Å². The molecular weight excluding hydrogens is 266 g/mol. The van der Waals surface area contributed by atoms with Crippen molar-refractivity contribution in [3.8, 4) is 5.75 Å². The van der Waals surface area contributed by atoms with Gasteiger partial charge in [0, 0.05) is 17.8 Å². The molecule has 0 saturated heterocycles. The van der Waals surface area contributed by atoms with E-state index in [2.05, 4.69) is 10.4 Å². The Morgan fingerprint density at radius 2 is 2.05 bits per heavy atom. The lowest BCUT2D eigenvalue weighted by molar-refractivity contribution is 0.102. The monoisotopic (exact) mass is 287 g/mol. The largest absolute Gasteiger partial charge is 0.491 e. The summed E-state index contributed by atoms with van der Waals surface area (Å²) in [6.45, 7) is 7.97. The summed E-state index contributed by atoms with van der Waals surface area (Å²) >= 11 is 0. The molecule has 1 aromatic carbocycles. The van der Waals surface area contributed by atoms with E-state index in [0.717, 1.165) is 0 Å². The van der Waals surface area contributed by atoms with E-state index in [-0.39, 0.29) is 18.1 Å². The van der Waals surface area contributed by atoms with Gasteiger partial charge >= 0.3 is 0 Å². The summed E-state index contributed by atoms with van der Waals surface area (Å²) in [4.78, 5) is 12.2. The van der Waals surface area contributed by atoms with Crippen LogP contribution in [0.5, 0.6) is 5.75 Å². The maximum absolute atomic E-state index is 12.2. The first-order valence-electron chi connectivity index (χ1n) is 7.08. The van der Waals surface area contributed by atoms with Gasteiger partial charge in [0.2, 0.25) is 0 Å². The molecule has 0 unspecified atom stereocenters. The second-order valence-corrected chi connectivity index (χ2v) is 5.45. The van der Waals surface area contributed by atoms with E-state index in [1.165, 1.54) is 0 Å². The first-order valence-corrected chi connectivity index (χ1v) is 7.08. The van der Waals surface area contributed by atoms with Crippen molar-refractivity contribution in [1.82, 2.24) is 9.78 Å². The quantitative estimate of drug-likeness (QED) is 0.915. The number of nitrogens with zero attached hydrogens (tertiary/aromatic N) is 2. The van der Waals surface area contributed by atoms with E-state index >= 15 is 0 Å². The number of carbonyl (C=O) groups excluding carboxylic acids is 1. The van der Waals surface area contributed by atoms with Crippen molar-refractivity contribution in [1.29, 1.82) is 0 Å². The van der Waals surface area contributed by atoms with Crippen LogP contribution in [0.15, 0.2) is 36.7 Å². The van der Waals surface area contributed by atoms with Gasteiger partial charge in [0.1, 0.15) is 5.75 Å². The summed E-state index contributed by atoms with van der Waals surface area (Å²) in [5.41, 5.74) is 1.24. The highest BCUT2D eigenvalue weighted by atomic mass is 16.5. The molecule has 2 aromatic rings.